The van der Waals surface area contributed by atoms with Gasteiger partial charge in [0.1, 0.15) is 0 Å². The number of hydrogen-bond acceptors (Lipinski definition) is 2. The maximum Gasteiger partial charge on any atom is 0.229 e. The van der Waals surface area contributed by atoms with Gasteiger partial charge in [-0.1, -0.05) is 12.2 Å². The van der Waals surface area contributed by atoms with E-state index in [2.05, 4.69) is 30.1 Å². The molecule has 3 heteroatoms. The van der Waals surface area contributed by atoms with Gasteiger partial charge in [0.2, 0.25) is 5.91 Å². The third kappa shape index (κ3) is 2.06. The quantitative estimate of drug-likeness (QED) is 0.449. The second-order valence-corrected chi connectivity index (χ2v) is 2.68. The molecule has 56 valence electrons. The third-order valence-electron chi connectivity index (χ3n) is 1.52. The first-order valence-corrected chi connectivity index (χ1v) is 4.01. The van der Waals surface area contributed by atoms with Gasteiger partial charge < -0.3 is 5.32 Å². The highest BCUT2D eigenvalue weighted by Crippen LogP contribution is 2.08. The molecule has 0 heterocycles. The number of nitrogens with one attached hydrogen (secondary N) is 1. The number of amides is 1. The first-order valence-electron chi connectivity index (χ1n) is 3.38. The van der Waals surface area contributed by atoms with E-state index in [-0.39, 0.29) is 11.7 Å². The van der Waals surface area contributed by atoms with Crippen LogP contribution in [0.1, 0.15) is 12.8 Å². The molecule has 1 rings (SSSR count). The number of thiol groups is 1. The van der Waals surface area contributed by atoms with Gasteiger partial charge in [0.05, 0.1) is 5.75 Å². The Morgan fingerprint density at radius 2 is 2.20 bits per heavy atom. The molecule has 1 N–H and O–H groups in total. The molecule has 0 bridgehead atoms. The summed E-state index contributed by atoms with van der Waals surface area (Å²) in [5, 5.41) is 2.85. The molecule has 1 aliphatic carbocycles. The molecule has 0 aliphatic heterocycles. The van der Waals surface area contributed by atoms with Crippen molar-refractivity contribution in [1.82, 2.24) is 5.32 Å². The number of carbonyl (C=O) groups excluding carboxylic acids is 1. The van der Waals surface area contributed by atoms with Crippen LogP contribution in [0.3, 0.4) is 0 Å². The molecule has 0 atom stereocenters. The first kappa shape index (κ1) is 7.66. The monoisotopic (exact) mass is 157 g/mol. The minimum Gasteiger partial charge on any atom is -0.352 e. The van der Waals surface area contributed by atoms with Gasteiger partial charge in [-0.05, 0) is 12.8 Å². The van der Waals surface area contributed by atoms with Crippen LogP contribution in [0.5, 0.6) is 0 Å². The van der Waals surface area contributed by atoms with Crippen LogP contribution in [0.25, 0.3) is 0 Å². The second kappa shape index (κ2) is 3.66. The lowest BCUT2D eigenvalue weighted by atomic mass is 10.2. The van der Waals surface area contributed by atoms with E-state index in [1.165, 1.54) is 0 Å². The van der Waals surface area contributed by atoms with Gasteiger partial charge in [-0.15, -0.1) is 0 Å². The Bertz CT molecular complexity index is 148. The summed E-state index contributed by atoms with van der Waals surface area (Å²) in [7, 11) is 0. The Balaban J connectivity index is 2.19. The lowest BCUT2D eigenvalue weighted by molar-refractivity contribution is -0.119. The molecule has 0 unspecified atom stereocenters. The van der Waals surface area contributed by atoms with Crippen molar-refractivity contribution < 1.29 is 4.79 Å². The molecular weight excluding hydrogens is 146 g/mol. The van der Waals surface area contributed by atoms with Crippen LogP contribution < -0.4 is 5.32 Å². The van der Waals surface area contributed by atoms with Crippen LogP contribution >= 0.6 is 12.6 Å². The fourth-order valence-corrected chi connectivity index (χ4v) is 1.10. The van der Waals surface area contributed by atoms with Gasteiger partial charge in [-0.2, -0.15) is 12.6 Å². The Morgan fingerprint density at radius 1 is 1.60 bits per heavy atom. The van der Waals surface area contributed by atoms with E-state index >= 15 is 0 Å². The smallest absolute Gasteiger partial charge is 0.229 e. The molecule has 0 saturated heterocycles. The summed E-state index contributed by atoms with van der Waals surface area (Å²) < 4.78 is 0. The SMILES string of the molecule is O=C(CS)NC1CC=CC1. The van der Waals surface area contributed by atoms with Crippen molar-refractivity contribution >= 4 is 18.5 Å². The number of hydrogen-bond donors (Lipinski definition) is 2. The van der Waals surface area contributed by atoms with Crippen LogP contribution in [-0.4, -0.2) is 17.7 Å². The topological polar surface area (TPSA) is 29.1 Å². The minimum atomic E-state index is 0.0250. The molecular formula is C7H11NOS. The molecule has 0 aromatic carbocycles. The van der Waals surface area contributed by atoms with Crippen molar-refractivity contribution in [3.63, 3.8) is 0 Å². The van der Waals surface area contributed by atoms with E-state index in [4.69, 9.17) is 0 Å². The lowest BCUT2D eigenvalue weighted by Crippen LogP contribution is -2.33. The minimum absolute atomic E-state index is 0.0250. The zero-order valence-electron chi connectivity index (χ0n) is 5.71. The van der Waals surface area contributed by atoms with Crippen LogP contribution in [0.2, 0.25) is 0 Å². The Hall–Kier alpha value is -0.440. The van der Waals surface area contributed by atoms with E-state index in [0.29, 0.717) is 6.04 Å². The number of rotatable bonds is 2. The highest BCUT2D eigenvalue weighted by molar-refractivity contribution is 7.81. The molecule has 0 aromatic rings. The molecule has 1 aliphatic rings. The van der Waals surface area contributed by atoms with Crippen molar-refractivity contribution in [3.05, 3.63) is 12.2 Å². The van der Waals surface area contributed by atoms with E-state index < -0.39 is 0 Å². The van der Waals surface area contributed by atoms with Crippen LogP contribution in [0.4, 0.5) is 0 Å². The van der Waals surface area contributed by atoms with E-state index in [0.717, 1.165) is 12.8 Å². The first-order chi connectivity index (χ1) is 4.83. The molecule has 0 radical (unpaired) electrons. The summed E-state index contributed by atoms with van der Waals surface area (Å²) in [6.45, 7) is 0. The molecule has 1 amide bonds. The summed E-state index contributed by atoms with van der Waals surface area (Å²) in [6.07, 6.45) is 6.12. The summed E-state index contributed by atoms with van der Waals surface area (Å²) in [5.74, 6) is 0.313. The van der Waals surface area contributed by atoms with Gasteiger partial charge in [0.15, 0.2) is 0 Å². The predicted molar refractivity (Wildman–Crippen MR) is 44.2 cm³/mol. The predicted octanol–water partition coefficient (Wildman–Crippen LogP) is 0.751. The van der Waals surface area contributed by atoms with Crippen LogP contribution in [-0.2, 0) is 4.79 Å². The largest absolute Gasteiger partial charge is 0.352 e. The Morgan fingerprint density at radius 3 is 2.70 bits per heavy atom. The summed E-state index contributed by atoms with van der Waals surface area (Å²) in [4.78, 5) is 10.8. The lowest BCUT2D eigenvalue weighted by Gasteiger charge is -2.09. The molecule has 0 fully saturated rings. The highest BCUT2D eigenvalue weighted by Gasteiger charge is 2.11. The van der Waals surface area contributed by atoms with E-state index in [1.807, 2.05) is 0 Å². The van der Waals surface area contributed by atoms with Gasteiger partial charge in [-0.25, -0.2) is 0 Å². The van der Waals surface area contributed by atoms with Crippen molar-refractivity contribution in [2.75, 3.05) is 5.75 Å². The van der Waals surface area contributed by atoms with E-state index in [9.17, 15) is 4.79 Å². The fraction of sp³-hybridized carbons (Fsp3) is 0.571. The Kier molecular flexibility index (Phi) is 2.81. The van der Waals surface area contributed by atoms with Gasteiger partial charge in [0.25, 0.3) is 0 Å². The standard InChI is InChI=1S/C7H11NOS/c9-7(5-10)8-6-3-1-2-4-6/h1-2,6,10H,3-5H2,(H,8,9). The molecule has 2 nitrogen and oxygen atoms in total. The average Bonchev–Trinajstić information content (AvgIpc) is 2.40. The molecule has 0 aromatic heterocycles. The second-order valence-electron chi connectivity index (χ2n) is 2.37. The number of carbonyl (C=O) groups is 1. The highest BCUT2D eigenvalue weighted by atomic mass is 32.1. The average molecular weight is 157 g/mol. The summed E-state index contributed by atoms with van der Waals surface area (Å²) in [5.41, 5.74) is 0. The van der Waals surface area contributed by atoms with Gasteiger partial charge >= 0.3 is 0 Å². The third-order valence-corrected chi connectivity index (χ3v) is 1.80. The van der Waals surface area contributed by atoms with Gasteiger partial charge in [0, 0.05) is 6.04 Å². The van der Waals surface area contributed by atoms with Crippen LogP contribution in [0, 0.1) is 0 Å². The van der Waals surface area contributed by atoms with Crippen molar-refractivity contribution in [2.45, 2.75) is 18.9 Å². The normalized spacial score (nSPS) is 17.7. The molecule has 0 spiro atoms. The van der Waals surface area contributed by atoms with Crippen molar-refractivity contribution in [2.24, 2.45) is 0 Å². The van der Waals surface area contributed by atoms with Crippen molar-refractivity contribution in [3.8, 4) is 0 Å². The maximum atomic E-state index is 10.8. The summed E-state index contributed by atoms with van der Waals surface area (Å²) >= 11 is 3.86. The Labute approximate surface area is 66.1 Å². The van der Waals surface area contributed by atoms with E-state index in [1.54, 1.807) is 0 Å². The van der Waals surface area contributed by atoms with Crippen LogP contribution in [0.15, 0.2) is 12.2 Å². The maximum absolute atomic E-state index is 10.8. The zero-order chi connectivity index (χ0) is 7.40. The molecule has 0 saturated carbocycles. The van der Waals surface area contributed by atoms with Gasteiger partial charge in [-0.3, -0.25) is 4.79 Å². The van der Waals surface area contributed by atoms with Crippen molar-refractivity contribution in [1.29, 1.82) is 0 Å². The zero-order valence-corrected chi connectivity index (χ0v) is 6.60. The molecule has 10 heavy (non-hydrogen) atoms. The fourth-order valence-electron chi connectivity index (χ4n) is 1.01. The summed E-state index contributed by atoms with van der Waals surface area (Å²) in [6, 6.07) is 0.333.